The SMILES string of the molecule is c1ccc(-c2ccc(-c3nc(-n4c5ccc6c7ccccc7oc6c5c5ccc6c(c7ccccc7n6-c6ccc(-c7ccccc7)cc6)c54)nc4ccccc34)cc2)cc1. The summed E-state index contributed by atoms with van der Waals surface area (Å²) in [7, 11) is 0. The van der Waals surface area contributed by atoms with Gasteiger partial charge in [-0.3, -0.25) is 4.57 Å². The van der Waals surface area contributed by atoms with Crippen molar-refractivity contribution in [3.8, 4) is 45.1 Å². The summed E-state index contributed by atoms with van der Waals surface area (Å²) in [5, 5.41) is 7.59. The van der Waals surface area contributed by atoms with Crippen molar-refractivity contribution in [2.75, 3.05) is 0 Å². The molecule has 0 bridgehead atoms. The molecule has 13 rings (SSSR count). The van der Waals surface area contributed by atoms with Gasteiger partial charge in [-0.2, -0.15) is 0 Å². The Morgan fingerprint density at radius 2 is 0.902 bits per heavy atom. The third-order valence-corrected chi connectivity index (χ3v) is 12.4. The van der Waals surface area contributed by atoms with Crippen LogP contribution in [0.4, 0.5) is 0 Å². The summed E-state index contributed by atoms with van der Waals surface area (Å²) < 4.78 is 11.5. The second-order valence-electron chi connectivity index (χ2n) is 15.7. The molecule has 0 aliphatic rings. The molecular weight excluding hydrogens is 745 g/mol. The third kappa shape index (κ3) is 5.08. The van der Waals surface area contributed by atoms with Crippen molar-refractivity contribution >= 4 is 76.5 Å². The number of fused-ring (bicyclic) bond motifs is 12. The van der Waals surface area contributed by atoms with Crippen molar-refractivity contribution in [3.63, 3.8) is 0 Å². The molecule has 0 saturated carbocycles. The predicted molar refractivity (Wildman–Crippen MR) is 252 cm³/mol. The summed E-state index contributed by atoms with van der Waals surface area (Å²) in [6, 6.07) is 73.0. The number of hydrogen-bond donors (Lipinski definition) is 0. The van der Waals surface area contributed by atoms with Crippen molar-refractivity contribution in [2.24, 2.45) is 0 Å². The van der Waals surface area contributed by atoms with Crippen LogP contribution in [0.2, 0.25) is 0 Å². The van der Waals surface area contributed by atoms with Crippen LogP contribution in [-0.4, -0.2) is 19.1 Å². The lowest BCUT2D eigenvalue weighted by atomic mass is 10.0. The monoisotopic (exact) mass is 778 g/mol. The maximum absolute atomic E-state index is 6.80. The minimum Gasteiger partial charge on any atom is -0.455 e. The van der Waals surface area contributed by atoms with Gasteiger partial charge in [0.2, 0.25) is 5.95 Å². The lowest BCUT2D eigenvalue weighted by Crippen LogP contribution is -2.03. The number of benzene rings is 9. The number of nitrogens with zero attached hydrogens (tertiary/aromatic N) is 4. The zero-order chi connectivity index (χ0) is 40.0. The molecule has 5 heteroatoms. The van der Waals surface area contributed by atoms with Gasteiger partial charge in [0.25, 0.3) is 0 Å². The first-order valence-corrected chi connectivity index (χ1v) is 20.7. The smallest absolute Gasteiger partial charge is 0.235 e. The molecule has 0 spiro atoms. The van der Waals surface area contributed by atoms with Crippen LogP contribution in [0.25, 0.3) is 122 Å². The molecule has 61 heavy (non-hydrogen) atoms. The Kier molecular flexibility index (Phi) is 7.24. The van der Waals surface area contributed by atoms with Crippen molar-refractivity contribution in [3.05, 3.63) is 206 Å². The Hall–Kier alpha value is -8.28. The average molecular weight is 779 g/mol. The van der Waals surface area contributed by atoms with Crippen LogP contribution in [-0.2, 0) is 0 Å². The molecule has 0 atom stereocenters. The van der Waals surface area contributed by atoms with E-state index in [-0.39, 0.29) is 0 Å². The lowest BCUT2D eigenvalue weighted by molar-refractivity contribution is 0.673. The second-order valence-corrected chi connectivity index (χ2v) is 15.7. The summed E-state index contributed by atoms with van der Waals surface area (Å²) in [5.41, 5.74) is 14.6. The lowest BCUT2D eigenvalue weighted by Gasteiger charge is -2.13. The summed E-state index contributed by atoms with van der Waals surface area (Å²) in [4.78, 5) is 10.9. The molecule has 0 N–H and O–H groups in total. The fraction of sp³-hybridized carbons (Fsp3) is 0. The van der Waals surface area contributed by atoms with Crippen LogP contribution < -0.4 is 0 Å². The fourth-order valence-electron chi connectivity index (χ4n) is 9.58. The largest absolute Gasteiger partial charge is 0.455 e. The molecule has 5 nitrogen and oxygen atoms in total. The van der Waals surface area contributed by atoms with E-state index in [1.165, 1.54) is 16.7 Å². The third-order valence-electron chi connectivity index (χ3n) is 12.4. The normalized spacial score (nSPS) is 11.9. The highest BCUT2D eigenvalue weighted by molar-refractivity contribution is 6.31. The van der Waals surface area contributed by atoms with Crippen molar-refractivity contribution in [2.45, 2.75) is 0 Å². The zero-order valence-electron chi connectivity index (χ0n) is 32.8. The highest BCUT2D eigenvalue weighted by Crippen LogP contribution is 2.45. The molecule has 4 heterocycles. The summed E-state index contributed by atoms with van der Waals surface area (Å²) >= 11 is 0. The highest BCUT2D eigenvalue weighted by atomic mass is 16.3. The minimum absolute atomic E-state index is 0.604. The van der Waals surface area contributed by atoms with Gasteiger partial charge in [-0.15, -0.1) is 0 Å². The Morgan fingerprint density at radius 1 is 0.344 bits per heavy atom. The van der Waals surface area contributed by atoms with Gasteiger partial charge in [0.05, 0.1) is 38.7 Å². The maximum atomic E-state index is 6.80. The molecule has 4 aromatic heterocycles. The highest BCUT2D eigenvalue weighted by Gasteiger charge is 2.25. The Balaban J connectivity index is 1.13. The average Bonchev–Trinajstić information content (AvgIpc) is 4.00. The Bertz CT molecular complexity index is 3840. The van der Waals surface area contributed by atoms with Gasteiger partial charge in [-0.05, 0) is 76.9 Å². The van der Waals surface area contributed by atoms with Crippen molar-refractivity contribution < 1.29 is 4.42 Å². The van der Waals surface area contributed by atoms with Crippen LogP contribution in [0.5, 0.6) is 0 Å². The Morgan fingerprint density at radius 3 is 1.64 bits per heavy atom. The molecule has 0 amide bonds. The van der Waals surface area contributed by atoms with Crippen LogP contribution in [0, 0.1) is 0 Å². The van der Waals surface area contributed by atoms with Gasteiger partial charge >= 0.3 is 0 Å². The first-order chi connectivity index (χ1) is 30.3. The summed E-state index contributed by atoms with van der Waals surface area (Å²) in [6.45, 7) is 0. The van der Waals surface area contributed by atoms with E-state index < -0.39 is 0 Å². The molecule has 0 unspecified atom stereocenters. The van der Waals surface area contributed by atoms with E-state index in [0.29, 0.717) is 5.95 Å². The minimum atomic E-state index is 0.604. The second kappa shape index (κ2) is 13.1. The number of rotatable bonds is 5. The van der Waals surface area contributed by atoms with Gasteiger partial charge in [0, 0.05) is 43.6 Å². The summed E-state index contributed by atoms with van der Waals surface area (Å²) in [6.07, 6.45) is 0. The van der Waals surface area contributed by atoms with Crippen molar-refractivity contribution in [1.82, 2.24) is 19.1 Å². The van der Waals surface area contributed by atoms with Gasteiger partial charge in [-0.25, -0.2) is 9.97 Å². The van der Waals surface area contributed by atoms with E-state index in [0.717, 1.165) is 99.0 Å². The van der Waals surface area contributed by atoms with Gasteiger partial charge in [0.15, 0.2) is 0 Å². The molecule has 284 valence electrons. The van der Waals surface area contributed by atoms with Crippen LogP contribution in [0.3, 0.4) is 0 Å². The number of aromatic nitrogens is 4. The van der Waals surface area contributed by atoms with Crippen molar-refractivity contribution in [1.29, 1.82) is 0 Å². The fourth-order valence-corrected chi connectivity index (χ4v) is 9.58. The standard InChI is InChI=1S/C56H34N4O/c1-3-13-35(14-4-1)37-23-25-39(26-24-37)53-43-18-7-10-20-46(43)57-56(58-53)60-49-33-31-42-41-17-9-12-22-50(41)61-55(42)52(49)45-32-34-48-51(54(45)60)44-19-8-11-21-47(44)59(48)40-29-27-38(28-30-40)36-15-5-2-6-16-36/h1-34H. The molecule has 0 fully saturated rings. The molecule has 0 aliphatic heterocycles. The zero-order valence-corrected chi connectivity index (χ0v) is 32.8. The van der Waals surface area contributed by atoms with Gasteiger partial charge in [0.1, 0.15) is 11.2 Å². The van der Waals surface area contributed by atoms with Gasteiger partial charge in [-0.1, -0.05) is 152 Å². The number of para-hydroxylation sites is 3. The number of hydrogen-bond acceptors (Lipinski definition) is 3. The van der Waals surface area contributed by atoms with Gasteiger partial charge < -0.3 is 8.98 Å². The van der Waals surface area contributed by atoms with Crippen LogP contribution in [0.15, 0.2) is 211 Å². The maximum Gasteiger partial charge on any atom is 0.235 e. The van der Waals surface area contributed by atoms with Crippen LogP contribution >= 0.6 is 0 Å². The van der Waals surface area contributed by atoms with E-state index in [1.807, 2.05) is 6.07 Å². The van der Waals surface area contributed by atoms with Crippen LogP contribution in [0.1, 0.15) is 0 Å². The molecule has 13 aromatic rings. The van der Waals surface area contributed by atoms with E-state index >= 15 is 0 Å². The van der Waals surface area contributed by atoms with E-state index in [2.05, 4.69) is 209 Å². The molecular formula is C56H34N4O. The molecule has 0 aliphatic carbocycles. The van der Waals surface area contributed by atoms with E-state index in [1.54, 1.807) is 0 Å². The predicted octanol–water partition coefficient (Wildman–Crippen LogP) is 14.7. The van der Waals surface area contributed by atoms with E-state index in [9.17, 15) is 0 Å². The molecule has 0 radical (unpaired) electrons. The number of furan rings is 1. The quantitative estimate of drug-likeness (QED) is 0.175. The Labute approximate surface area is 350 Å². The first kappa shape index (κ1) is 33.7. The molecule has 9 aromatic carbocycles. The first-order valence-electron chi connectivity index (χ1n) is 20.7. The topological polar surface area (TPSA) is 48.8 Å². The summed E-state index contributed by atoms with van der Waals surface area (Å²) in [5.74, 6) is 0.604. The molecule has 0 saturated heterocycles. The van der Waals surface area contributed by atoms with E-state index in [4.69, 9.17) is 14.4 Å².